The Morgan fingerprint density at radius 1 is 0.815 bits per heavy atom. The van der Waals surface area contributed by atoms with Gasteiger partial charge in [-0.3, -0.25) is 4.57 Å². The van der Waals surface area contributed by atoms with E-state index in [2.05, 4.69) is 0 Å². The summed E-state index contributed by atoms with van der Waals surface area (Å²) in [4.78, 5) is 0. The minimum absolute atomic E-state index is 0.540. The van der Waals surface area contributed by atoms with Crippen molar-refractivity contribution in [3.05, 3.63) is 108 Å². The van der Waals surface area contributed by atoms with Gasteiger partial charge < -0.3 is 9.26 Å². The minimum Gasteiger partial charge on any atom is -0.463 e. The molecule has 0 aliphatic carbocycles. The quantitative estimate of drug-likeness (QED) is 0.549. The van der Waals surface area contributed by atoms with Crippen LogP contribution in [0.3, 0.4) is 0 Å². The van der Waals surface area contributed by atoms with Crippen molar-refractivity contribution in [2.24, 2.45) is 0 Å². The van der Waals surface area contributed by atoms with Crippen molar-refractivity contribution in [3.63, 3.8) is 0 Å². The first kappa shape index (κ1) is 17.5. The summed E-state index contributed by atoms with van der Waals surface area (Å²) < 4.78 is 25.6. The largest absolute Gasteiger partial charge is 0.463 e. The molecule has 0 saturated carbocycles. The van der Waals surface area contributed by atoms with Gasteiger partial charge >= 0.3 is 0 Å². The summed E-state index contributed by atoms with van der Waals surface area (Å²) in [6.07, 6.45) is 3.58. The molecule has 3 aromatic rings. The van der Waals surface area contributed by atoms with Gasteiger partial charge in [0.25, 0.3) is 7.37 Å². The molecule has 4 heteroatoms. The van der Waals surface area contributed by atoms with E-state index in [1.807, 2.05) is 91.0 Å². The summed E-state index contributed by atoms with van der Waals surface area (Å²) in [5, 5.41) is 1.17. The molecule has 0 fully saturated rings. The Balaban J connectivity index is 1.95. The topological polar surface area (TPSA) is 35.5 Å². The summed E-state index contributed by atoms with van der Waals surface area (Å²) in [5.74, 6) is 0.719. The monoisotopic (exact) mass is 374 g/mol. The SMILES string of the molecule is COP(=O)(C1=COc2ccccc2C=C1c1ccccc1)c1ccccc1. The van der Waals surface area contributed by atoms with Crippen LogP contribution in [0.4, 0.5) is 0 Å². The van der Waals surface area contributed by atoms with Crippen LogP contribution in [0.1, 0.15) is 11.1 Å². The molecule has 0 bridgehead atoms. The molecule has 27 heavy (non-hydrogen) atoms. The molecule has 0 amide bonds. The standard InChI is InChI=1S/C23H19O3P/c1-25-27(24,20-13-6-3-7-14-20)23-17-26-22-15-9-8-12-19(22)16-21(23)18-10-4-2-5-11-18/h2-17H,1H3. The molecule has 0 saturated heterocycles. The number of fused-ring (bicyclic) bond motifs is 1. The number of ether oxygens (including phenoxy) is 1. The lowest BCUT2D eigenvalue weighted by Crippen LogP contribution is -2.09. The molecule has 0 N–H and O–H groups in total. The highest BCUT2D eigenvalue weighted by molar-refractivity contribution is 7.71. The molecule has 3 nitrogen and oxygen atoms in total. The van der Waals surface area contributed by atoms with E-state index >= 15 is 0 Å². The molecule has 1 unspecified atom stereocenters. The third kappa shape index (κ3) is 3.28. The number of hydrogen-bond acceptors (Lipinski definition) is 3. The van der Waals surface area contributed by atoms with Gasteiger partial charge in [0.05, 0.1) is 5.31 Å². The lowest BCUT2D eigenvalue weighted by Gasteiger charge is -2.21. The zero-order chi connectivity index (χ0) is 18.7. The van der Waals surface area contributed by atoms with Crippen molar-refractivity contribution in [3.8, 4) is 5.75 Å². The Morgan fingerprint density at radius 2 is 1.44 bits per heavy atom. The fraction of sp³-hybridized carbons (Fsp3) is 0.0435. The van der Waals surface area contributed by atoms with Crippen LogP contribution in [0.25, 0.3) is 11.6 Å². The van der Waals surface area contributed by atoms with Gasteiger partial charge in [0.2, 0.25) is 0 Å². The minimum atomic E-state index is -3.34. The number of rotatable bonds is 4. The second kappa shape index (κ2) is 7.40. The molecule has 3 aromatic carbocycles. The average molecular weight is 374 g/mol. The van der Waals surface area contributed by atoms with E-state index in [-0.39, 0.29) is 0 Å². The molecule has 134 valence electrons. The molecule has 0 spiro atoms. The zero-order valence-electron chi connectivity index (χ0n) is 14.9. The molecule has 0 radical (unpaired) electrons. The highest BCUT2D eigenvalue weighted by Crippen LogP contribution is 2.59. The van der Waals surface area contributed by atoms with E-state index in [9.17, 15) is 4.57 Å². The first-order chi connectivity index (χ1) is 13.2. The highest BCUT2D eigenvalue weighted by Gasteiger charge is 2.34. The predicted molar refractivity (Wildman–Crippen MR) is 110 cm³/mol. The van der Waals surface area contributed by atoms with Crippen LogP contribution in [-0.2, 0) is 9.09 Å². The van der Waals surface area contributed by atoms with Crippen LogP contribution in [0, 0.1) is 0 Å². The first-order valence-electron chi connectivity index (χ1n) is 8.68. The van der Waals surface area contributed by atoms with Gasteiger partial charge in [-0.2, -0.15) is 0 Å². The number of allylic oxidation sites excluding steroid dienone is 2. The Kier molecular flexibility index (Phi) is 4.81. The van der Waals surface area contributed by atoms with Gasteiger partial charge in [0, 0.05) is 18.0 Å². The molecular weight excluding hydrogens is 355 g/mol. The second-order valence-electron chi connectivity index (χ2n) is 6.15. The number of para-hydroxylation sites is 1. The lowest BCUT2D eigenvalue weighted by atomic mass is 10.0. The van der Waals surface area contributed by atoms with Gasteiger partial charge in [-0.15, -0.1) is 0 Å². The fourth-order valence-corrected chi connectivity index (χ4v) is 5.12. The maximum absolute atomic E-state index is 14.0. The maximum Gasteiger partial charge on any atom is 0.264 e. The molecule has 0 aromatic heterocycles. The maximum atomic E-state index is 14.0. The fourth-order valence-electron chi connectivity index (χ4n) is 3.16. The smallest absolute Gasteiger partial charge is 0.264 e. The van der Waals surface area contributed by atoms with E-state index in [4.69, 9.17) is 9.26 Å². The van der Waals surface area contributed by atoms with Crippen LogP contribution in [0.15, 0.2) is 96.5 Å². The van der Waals surface area contributed by atoms with Crippen molar-refractivity contribution in [1.82, 2.24) is 0 Å². The Morgan fingerprint density at radius 3 is 2.15 bits per heavy atom. The molecule has 1 aliphatic heterocycles. The molecular formula is C23H19O3P. The van der Waals surface area contributed by atoms with Crippen molar-refractivity contribution < 1.29 is 13.8 Å². The highest BCUT2D eigenvalue weighted by atomic mass is 31.2. The normalized spacial score (nSPS) is 15.4. The molecule has 1 heterocycles. The molecule has 4 rings (SSSR count). The Hall–Kier alpha value is -2.87. The van der Waals surface area contributed by atoms with Crippen molar-refractivity contribution in [2.75, 3.05) is 7.11 Å². The number of hydrogen-bond donors (Lipinski definition) is 0. The van der Waals surface area contributed by atoms with Gasteiger partial charge in [0.1, 0.15) is 12.0 Å². The summed E-state index contributed by atoms with van der Waals surface area (Å²) in [7, 11) is -1.86. The predicted octanol–water partition coefficient (Wildman–Crippen LogP) is 5.71. The van der Waals surface area contributed by atoms with Crippen molar-refractivity contribution >= 4 is 24.3 Å². The third-order valence-corrected chi connectivity index (χ3v) is 7.02. The van der Waals surface area contributed by atoms with Gasteiger partial charge in [0.15, 0.2) is 0 Å². The second-order valence-corrected chi connectivity index (χ2v) is 8.62. The van der Waals surface area contributed by atoms with Crippen LogP contribution in [0.5, 0.6) is 5.75 Å². The molecule has 1 aliphatic rings. The van der Waals surface area contributed by atoms with Crippen molar-refractivity contribution in [1.29, 1.82) is 0 Å². The zero-order valence-corrected chi connectivity index (χ0v) is 15.8. The first-order valence-corrected chi connectivity index (χ1v) is 10.3. The van der Waals surface area contributed by atoms with E-state index < -0.39 is 7.37 Å². The van der Waals surface area contributed by atoms with E-state index in [1.54, 1.807) is 6.26 Å². The summed E-state index contributed by atoms with van der Waals surface area (Å²) in [6, 6.07) is 26.9. The summed E-state index contributed by atoms with van der Waals surface area (Å²) in [5.41, 5.74) is 2.71. The Labute approximate surface area is 159 Å². The summed E-state index contributed by atoms with van der Waals surface area (Å²) >= 11 is 0. The summed E-state index contributed by atoms with van der Waals surface area (Å²) in [6.45, 7) is 0. The third-order valence-electron chi connectivity index (χ3n) is 4.55. The van der Waals surface area contributed by atoms with E-state index in [0.29, 0.717) is 10.6 Å². The molecule has 1 atom stereocenters. The van der Waals surface area contributed by atoms with Crippen LogP contribution < -0.4 is 10.0 Å². The lowest BCUT2D eigenvalue weighted by molar-refractivity contribution is 0.407. The van der Waals surface area contributed by atoms with Crippen LogP contribution in [0.2, 0.25) is 0 Å². The number of benzene rings is 3. The van der Waals surface area contributed by atoms with E-state index in [0.717, 1.165) is 22.4 Å². The van der Waals surface area contributed by atoms with Crippen LogP contribution >= 0.6 is 7.37 Å². The van der Waals surface area contributed by atoms with Gasteiger partial charge in [-0.05, 0) is 35.4 Å². The Bertz CT molecular complexity index is 1050. The van der Waals surface area contributed by atoms with E-state index in [1.165, 1.54) is 7.11 Å². The van der Waals surface area contributed by atoms with Gasteiger partial charge in [-0.25, -0.2) is 0 Å². The van der Waals surface area contributed by atoms with Gasteiger partial charge in [-0.1, -0.05) is 66.7 Å². The van der Waals surface area contributed by atoms with Crippen molar-refractivity contribution in [2.45, 2.75) is 0 Å². The average Bonchev–Trinajstić information content (AvgIpc) is 2.94. The van der Waals surface area contributed by atoms with Crippen LogP contribution in [-0.4, -0.2) is 7.11 Å².